The highest BCUT2D eigenvalue weighted by Gasteiger charge is 2.23. The first kappa shape index (κ1) is 14.0. The number of hydrogen-bond donors (Lipinski definition) is 2. The summed E-state index contributed by atoms with van der Waals surface area (Å²) in [5.41, 5.74) is 0.711. The van der Waals surface area contributed by atoms with Crippen molar-refractivity contribution >= 4 is 5.91 Å². The quantitative estimate of drug-likeness (QED) is 0.827. The van der Waals surface area contributed by atoms with E-state index in [1.54, 1.807) is 12.1 Å². The monoisotopic (exact) mass is 266 g/mol. The number of carbonyl (C=O) groups excluding carboxylic acids is 1. The van der Waals surface area contributed by atoms with Gasteiger partial charge in [0.15, 0.2) is 0 Å². The number of likely N-dealkylation sites (tertiary alicyclic amines) is 1. The molecule has 1 amide bonds. The Morgan fingerprint density at radius 1 is 1.47 bits per heavy atom. The van der Waals surface area contributed by atoms with Gasteiger partial charge in [0, 0.05) is 25.2 Å². The van der Waals surface area contributed by atoms with Gasteiger partial charge in [0.25, 0.3) is 0 Å². The zero-order chi connectivity index (χ0) is 13.7. The van der Waals surface area contributed by atoms with Crippen LogP contribution >= 0.6 is 0 Å². The summed E-state index contributed by atoms with van der Waals surface area (Å²) >= 11 is 0. The van der Waals surface area contributed by atoms with Crippen LogP contribution in [-0.4, -0.2) is 42.2 Å². The van der Waals surface area contributed by atoms with Crippen molar-refractivity contribution in [1.82, 2.24) is 10.2 Å². The number of benzene rings is 1. The summed E-state index contributed by atoms with van der Waals surface area (Å²) in [5, 5.41) is 11.3. The molecule has 0 aliphatic carbocycles. The zero-order valence-corrected chi connectivity index (χ0v) is 10.8. The molecule has 1 aliphatic rings. The van der Waals surface area contributed by atoms with Crippen LogP contribution in [0.3, 0.4) is 0 Å². The van der Waals surface area contributed by atoms with Crippen LogP contribution in [0.25, 0.3) is 0 Å². The maximum atomic E-state index is 13.5. The van der Waals surface area contributed by atoms with Crippen molar-refractivity contribution in [2.75, 3.05) is 26.2 Å². The van der Waals surface area contributed by atoms with Crippen molar-refractivity contribution < 1.29 is 14.3 Å². The van der Waals surface area contributed by atoms with Crippen LogP contribution in [0.4, 0.5) is 4.39 Å². The highest BCUT2D eigenvalue weighted by atomic mass is 19.1. The number of nitrogens with zero attached hydrogens (tertiary/aromatic N) is 1. The molecule has 1 aromatic carbocycles. The van der Waals surface area contributed by atoms with Crippen molar-refractivity contribution in [1.29, 1.82) is 0 Å². The average Bonchev–Trinajstić information content (AvgIpc) is 2.86. The topological polar surface area (TPSA) is 52.6 Å². The molecule has 1 aromatic rings. The van der Waals surface area contributed by atoms with Crippen molar-refractivity contribution in [2.24, 2.45) is 5.92 Å². The van der Waals surface area contributed by atoms with Crippen molar-refractivity contribution in [3.05, 3.63) is 35.6 Å². The van der Waals surface area contributed by atoms with E-state index in [0.29, 0.717) is 24.6 Å². The number of rotatable bonds is 5. The minimum Gasteiger partial charge on any atom is -0.387 e. The summed E-state index contributed by atoms with van der Waals surface area (Å²) in [6.45, 7) is 2.48. The summed E-state index contributed by atoms with van der Waals surface area (Å²) in [6.07, 6.45) is 0.986. The van der Waals surface area contributed by atoms with E-state index >= 15 is 0 Å². The Balaban J connectivity index is 1.79. The number of aliphatic hydroxyl groups is 1. The fourth-order valence-corrected chi connectivity index (χ4v) is 2.40. The Morgan fingerprint density at radius 2 is 2.26 bits per heavy atom. The van der Waals surface area contributed by atoms with Gasteiger partial charge >= 0.3 is 0 Å². The average molecular weight is 266 g/mol. The Morgan fingerprint density at radius 3 is 3.00 bits per heavy atom. The van der Waals surface area contributed by atoms with Gasteiger partial charge in [0.2, 0.25) is 5.91 Å². The van der Waals surface area contributed by atoms with Gasteiger partial charge in [-0.15, -0.1) is 0 Å². The molecule has 1 atom stereocenters. The SMILES string of the molecule is O=C(CO)NC[C@@H]1CCN(Cc2ccccc2F)C1. The second-order valence-electron chi connectivity index (χ2n) is 4.94. The Bertz CT molecular complexity index is 439. The molecule has 2 N–H and O–H groups in total. The van der Waals surface area contributed by atoms with Gasteiger partial charge in [0.05, 0.1) is 0 Å². The van der Waals surface area contributed by atoms with Gasteiger partial charge in [-0.2, -0.15) is 0 Å². The van der Waals surface area contributed by atoms with Crippen molar-refractivity contribution in [2.45, 2.75) is 13.0 Å². The van der Waals surface area contributed by atoms with E-state index in [1.807, 2.05) is 6.07 Å². The molecule has 0 bridgehead atoms. The minimum absolute atomic E-state index is 0.167. The highest BCUT2D eigenvalue weighted by Crippen LogP contribution is 2.19. The summed E-state index contributed by atoms with van der Waals surface area (Å²) in [7, 11) is 0. The molecule has 2 rings (SSSR count). The molecular formula is C14H19FN2O2. The third-order valence-corrected chi connectivity index (χ3v) is 3.45. The third-order valence-electron chi connectivity index (χ3n) is 3.45. The lowest BCUT2D eigenvalue weighted by atomic mass is 10.1. The van der Waals surface area contributed by atoms with Gasteiger partial charge in [-0.3, -0.25) is 9.69 Å². The van der Waals surface area contributed by atoms with Crippen LogP contribution in [-0.2, 0) is 11.3 Å². The van der Waals surface area contributed by atoms with E-state index in [1.165, 1.54) is 6.07 Å². The molecule has 1 fully saturated rings. The molecule has 4 nitrogen and oxygen atoms in total. The molecule has 104 valence electrons. The number of carbonyl (C=O) groups is 1. The molecule has 1 heterocycles. The summed E-state index contributed by atoms with van der Waals surface area (Å²) in [5.74, 6) is -0.130. The molecule has 0 saturated carbocycles. The van der Waals surface area contributed by atoms with E-state index in [0.717, 1.165) is 19.5 Å². The maximum Gasteiger partial charge on any atom is 0.245 e. The highest BCUT2D eigenvalue weighted by molar-refractivity contribution is 5.76. The molecule has 5 heteroatoms. The Labute approximate surface area is 112 Å². The molecule has 19 heavy (non-hydrogen) atoms. The molecular weight excluding hydrogens is 247 g/mol. The smallest absolute Gasteiger partial charge is 0.245 e. The van der Waals surface area contributed by atoms with Crippen LogP contribution in [0.1, 0.15) is 12.0 Å². The van der Waals surface area contributed by atoms with Crippen LogP contribution < -0.4 is 5.32 Å². The lowest BCUT2D eigenvalue weighted by molar-refractivity contribution is -0.123. The van der Waals surface area contributed by atoms with Gasteiger partial charge in [-0.05, 0) is 24.9 Å². The minimum atomic E-state index is -0.467. The summed E-state index contributed by atoms with van der Waals surface area (Å²) < 4.78 is 13.5. The van der Waals surface area contributed by atoms with Crippen molar-refractivity contribution in [3.8, 4) is 0 Å². The van der Waals surface area contributed by atoms with Crippen LogP contribution in [0.5, 0.6) is 0 Å². The Hall–Kier alpha value is -1.46. The fourth-order valence-electron chi connectivity index (χ4n) is 2.40. The second-order valence-corrected chi connectivity index (χ2v) is 4.94. The summed E-state index contributed by atoms with van der Waals surface area (Å²) in [4.78, 5) is 13.2. The molecule has 1 aliphatic heterocycles. The number of aliphatic hydroxyl groups excluding tert-OH is 1. The first-order valence-electron chi connectivity index (χ1n) is 6.52. The number of hydrogen-bond acceptors (Lipinski definition) is 3. The predicted octanol–water partition coefficient (Wildman–Crippen LogP) is 0.756. The fraction of sp³-hybridized carbons (Fsp3) is 0.500. The van der Waals surface area contributed by atoms with Crippen LogP contribution in [0.15, 0.2) is 24.3 Å². The normalized spacial score (nSPS) is 19.6. The standard InChI is InChI=1S/C14H19FN2O2/c15-13-4-2-1-3-12(13)9-17-6-5-11(8-17)7-16-14(19)10-18/h1-4,11,18H,5-10H2,(H,16,19)/t11-/m0/s1. The molecule has 1 saturated heterocycles. The molecule has 0 radical (unpaired) electrons. The Kier molecular flexibility index (Phi) is 4.87. The van der Waals surface area contributed by atoms with E-state index in [-0.39, 0.29) is 11.7 Å². The van der Waals surface area contributed by atoms with Gasteiger partial charge in [0.1, 0.15) is 12.4 Å². The van der Waals surface area contributed by atoms with Crippen LogP contribution in [0.2, 0.25) is 0 Å². The third kappa shape index (κ3) is 4.01. The molecule has 0 aromatic heterocycles. The predicted molar refractivity (Wildman–Crippen MR) is 69.9 cm³/mol. The van der Waals surface area contributed by atoms with Gasteiger partial charge in [-0.1, -0.05) is 18.2 Å². The summed E-state index contributed by atoms with van der Waals surface area (Å²) in [6, 6.07) is 6.81. The van der Waals surface area contributed by atoms with E-state index in [2.05, 4.69) is 10.2 Å². The van der Waals surface area contributed by atoms with E-state index in [4.69, 9.17) is 5.11 Å². The first-order chi connectivity index (χ1) is 9.19. The number of nitrogens with one attached hydrogen (secondary N) is 1. The lowest BCUT2D eigenvalue weighted by Gasteiger charge is -2.16. The second kappa shape index (κ2) is 6.63. The lowest BCUT2D eigenvalue weighted by Crippen LogP contribution is -2.32. The molecule has 0 unspecified atom stereocenters. The number of amides is 1. The maximum absolute atomic E-state index is 13.5. The van der Waals surface area contributed by atoms with Gasteiger partial charge < -0.3 is 10.4 Å². The van der Waals surface area contributed by atoms with Crippen LogP contribution in [0, 0.1) is 11.7 Å². The zero-order valence-electron chi connectivity index (χ0n) is 10.8. The largest absolute Gasteiger partial charge is 0.387 e. The van der Waals surface area contributed by atoms with Crippen molar-refractivity contribution in [3.63, 3.8) is 0 Å². The van der Waals surface area contributed by atoms with E-state index < -0.39 is 6.61 Å². The molecule has 0 spiro atoms. The van der Waals surface area contributed by atoms with Gasteiger partial charge in [-0.25, -0.2) is 4.39 Å². The van der Waals surface area contributed by atoms with E-state index in [9.17, 15) is 9.18 Å². The first-order valence-corrected chi connectivity index (χ1v) is 6.52. The number of halogens is 1.